The quantitative estimate of drug-likeness (QED) is 0.551. The normalized spacial score (nSPS) is 32.8. The maximum atomic E-state index is 6.45. The predicted molar refractivity (Wildman–Crippen MR) is 81.2 cm³/mol. The number of rotatable bonds is 2. The first-order chi connectivity index (χ1) is 7.04. The summed E-state index contributed by atoms with van der Waals surface area (Å²) in [7, 11) is -1.56. The van der Waals surface area contributed by atoms with Gasteiger partial charge in [0.05, 0.1) is 0 Å². The van der Waals surface area contributed by atoms with Gasteiger partial charge in [-0.3, -0.25) is 0 Å². The second-order valence-corrected chi connectivity index (χ2v) is 17.7. The van der Waals surface area contributed by atoms with Crippen molar-refractivity contribution in [3.05, 3.63) is 0 Å². The summed E-state index contributed by atoms with van der Waals surface area (Å²) in [5.41, 5.74) is 0. The predicted octanol–water partition coefficient (Wildman–Crippen LogP) is 4.28. The third-order valence-corrected chi connectivity index (χ3v) is 12.2. The van der Waals surface area contributed by atoms with Crippen molar-refractivity contribution in [2.45, 2.75) is 57.8 Å². The van der Waals surface area contributed by atoms with Crippen molar-refractivity contribution < 1.29 is 4.43 Å². The molecule has 0 N–H and O–H groups in total. The van der Waals surface area contributed by atoms with Crippen molar-refractivity contribution >= 4 is 26.2 Å². The van der Waals surface area contributed by atoms with Gasteiger partial charge in [-0.05, 0) is 56.0 Å². The van der Waals surface area contributed by atoms with Gasteiger partial charge < -0.3 is 4.43 Å². The Labute approximate surface area is 107 Å². The molecule has 4 heteroatoms. The molecule has 0 aromatic heterocycles. The zero-order chi connectivity index (χ0) is 12.6. The van der Waals surface area contributed by atoms with Crippen molar-refractivity contribution in [1.29, 1.82) is 0 Å². The van der Waals surface area contributed by atoms with E-state index in [0.717, 1.165) is 0 Å². The summed E-state index contributed by atoms with van der Waals surface area (Å²) >= 11 is 5.63. The van der Waals surface area contributed by atoms with Gasteiger partial charge in [0.2, 0.25) is 0 Å². The average Bonchev–Trinajstić information content (AvgIpc) is 2.06. The molecule has 0 aromatic carbocycles. The van der Waals surface area contributed by atoms with E-state index in [2.05, 4.69) is 40.5 Å². The second kappa shape index (κ2) is 4.83. The standard InChI is InChI=1S/C12H27OPSSi/c1-12(2,3)16(5,6)13-11-7-9-14(4,15)10-8-11/h11H,7-10H2,1-6H3. The minimum atomic E-state index is -1.56. The highest BCUT2D eigenvalue weighted by Crippen LogP contribution is 2.48. The summed E-state index contributed by atoms with van der Waals surface area (Å²) in [5, 5.41) is 0.330. The molecule has 0 atom stereocenters. The molecule has 0 unspecified atom stereocenters. The van der Waals surface area contributed by atoms with Gasteiger partial charge in [-0.1, -0.05) is 32.6 Å². The lowest BCUT2D eigenvalue weighted by Gasteiger charge is -2.41. The molecule has 96 valence electrons. The summed E-state index contributed by atoms with van der Waals surface area (Å²) in [6.45, 7) is 13.9. The molecule has 0 bridgehead atoms. The molecule has 0 spiro atoms. The Kier molecular flexibility index (Phi) is 4.50. The molecule has 1 nitrogen and oxygen atoms in total. The molecule has 1 aliphatic rings. The summed E-state index contributed by atoms with van der Waals surface area (Å²) in [5.74, 6) is 0. The smallest absolute Gasteiger partial charge is 0.192 e. The fourth-order valence-corrected chi connectivity index (χ4v) is 5.75. The largest absolute Gasteiger partial charge is 0.414 e. The van der Waals surface area contributed by atoms with Gasteiger partial charge in [0, 0.05) is 6.10 Å². The Morgan fingerprint density at radius 1 is 1.19 bits per heavy atom. The van der Waals surface area contributed by atoms with Crippen molar-refractivity contribution in [3.63, 3.8) is 0 Å². The number of hydrogen-bond donors (Lipinski definition) is 0. The third-order valence-electron chi connectivity index (χ3n) is 4.12. The van der Waals surface area contributed by atoms with Crippen LogP contribution in [0, 0.1) is 0 Å². The van der Waals surface area contributed by atoms with E-state index in [-0.39, 0.29) is 0 Å². The molecule has 0 aromatic rings. The Hall–Kier alpha value is 0.827. The van der Waals surface area contributed by atoms with Crippen LogP contribution in [0.15, 0.2) is 0 Å². The Bertz CT molecular complexity index is 284. The fourth-order valence-electron chi connectivity index (χ4n) is 1.80. The highest BCUT2D eigenvalue weighted by Gasteiger charge is 2.39. The van der Waals surface area contributed by atoms with E-state index in [0.29, 0.717) is 11.1 Å². The zero-order valence-corrected chi connectivity index (χ0v) is 14.4. The summed E-state index contributed by atoms with van der Waals surface area (Å²) in [6.07, 6.45) is 5.42. The van der Waals surface area contributed by atoms with Crippen LogP contribution in [0.2, 0.25) is 18.1 Å². The first kappa shape index (κ1) is 14.9. The lowest BCUT2D eigenvalue weighted by molar-refractivity contribution is 0.170. The average molecular weight is 278 g/mol. The van der Waals surface area contributed by atoms with Crippen LogP contribution in [0.3, 0.4) is 0 Å². The monoisotopic (exact) mass is 278 g/mol. The van der Waals surface area contributed by atoms with Gasteiger partial charge in [0.25, 0.3) is 0 Å². The zero-order valence-electron chi connectivity index (χ0n) is 11.7. The van der Waals surface area contributed by atoms with Crippen molar-refractivity contribution in [2.75, 3.05) is 19.0 Å². The van der Waals surface area contributed by atoms with E-state index in [4.69, 9.17) is 16.2 Å². The fraction of sp³-hybridized carbons (Fsp3) is 1.00. The first-order valence-electron chi connectivity index (χ1n) is 6.27. The maximum absolute atomic E-state index is 6.45. The molecular weight excluding hydrogens is 251 g/mol. The number of hydrogen-bond acceptors (Lipinski definition) is 2. The summed E-state index contributed by atoms with van der Waals surface area (Å²) < 4.78 is 6.45. The molecule has 0 radical (unpaired) electrons. The van der Waals surface area contributed by atoms with Gasteiger partial charge in [0.1, 0.15) is 0 Å². The van der Waals surface area contributed by atoms with Crippen LogP contribution in [-0.4, -0.2) is 33.4 Å². The van der Waals surface area contributed by atoms with Crippen LogP contribution in [0.4, 0.5) is 0 Å². The van der Waals surface area contributed by atoms with E-state index in [9.17, 15) is 0 Å². The van der Waals surface area contributed by atoms with Crippen LogP contribution in [-0.2, 0) is 16.2 Å². The van der Waals surface area contributed by atoms with Crippen LogP contribution in [0.1, 0.15) is 33.6 Å². The lowest BCUT2D eigenvalue weighted by Crippen LogP contribution is -2.44. The molecular formula is C12H27OPSSi. The molecule has 0 saturated carbocycles. The van der Waals surface area contributed by atoms with Gasteiger partial charge in [-0.25, -0.2) is 0 Å². The van der Waals surface area contributed by atoms with Crippen LogP contribution < -0.4 is 0 Å². The van der Waals surface area contributed by atoms with E-state index >= 15 is 0 Å². The SMILES string of the molecule is CC(C)(C)[Si](C)(C)OC1CCP(C)(=S)CC1. The van der Waals surface area contributed by atoms with E-state index in [1.807, 2.05) is 0 Å². The molecule has 0 amide bonds. The van der Waals surface area contributed by atoms with Crippen molar-refractivity contribution in [2.24, 2.45) is 0 Å². The summed E-state index contributed by atoms with van der Waals surface area (Å²) in [6, 6.07) is -0.961. The lowest BCUT2D eigenvalue weighted by atomic mass is 10.2. The molecule has 1 fully saturated rings. The second-order valence-electron chi connectivity index (χ2n) is 6.82. The summed E-state index contributed by atoms with van der Waals surface area (Å²) in [4.78, 5) is 0. The topological polar surface area (TPSA) is 9.23 Å². The van der Waals surface area contributed by atoms with Crippen LogP contribution in [0.25, 0.3) is 0 Å². The van der Waals surface area contributed by atoms with E-state index in [1.165, 1.54) is 25.2 Å². The van der Waals surface area contributed by atoms with Gasteiger partial charge in [-0.2, -0.15) is 0 Å². The Morgan fingerprint density at radius 3 is 2.00 bits per heavy atom. The van der Waals surface area contributed by atoms with Gasteiger partial charge in [-0.15, -0.1) is 0 Å². The van der Waals surface area contributed by atoms with Crippen molar-refractivity contribution in [1.82, 2.24) is 0 Å². The molecule has 1 rings (SSSR count). The minimum absolute atomic E-state index is 0.330. The Balaban J connectivity index is 2.54. The van der Waals surface area contributed by atoms with Crippen LogP contribution in [0.5, 0.6) is 0 Å². The van der Waals surface area contributed by atoms with Crippen molar-refractivity contribution in [3.8, 4) is 0 Å². The minimum Gasteiger partial charge on any atom is -0.414 e. The van der Waals surface area contributed by atoms with Gasteiger partial charge in [0.15, 0.2) is 8.32 Å². The Morgan fingerprint density at radius 2 is 1.62 bits per heavy atom. The van der Waals surface area contributed by atoms with Gasteiger partial charge >= 0.3 is 0 Å². The maximum Gasteiger partial charge on any atom is 0.192 e. The molecule has 0 aliphatic carbocycles. The molecule has 1 aliphatic heterocycles. The first-order valence-corrected chi connectivity index (χ1v) is 12.8. The van der Waals surface area contributed by atoms with E-state index in [1.54, 1.807) is 0 Å². The molecule has 1 heterocycles. The van der Waals surface area contributed by atoms with Crippen LogP contribution >= 0.6 is 6.04 Å². The molecule has 1 saturated heterocycles. The highest BCUT2D eigenvalue weighted by molar-refractivity contribution is 8.14. The molecule has 16 heavy (non-hydrogen) atoms. The highest BCUT2D eigenvalue weighted by atomic mass is 32.4. The van der Waals surface area contributed by atoms with E-state index < -0.39 is 14.4 Å². The third kappa shape index (κ3) is 3.94.